The topological polar surface area (TPSA) is 85.6 Å². The second kappa shape index (κ2) is 12.7. The molecule has 1 aromatic heterocycles. The number of nitrogens with one attached hydrogen (secondary N) is 2. The third-order valence-electron chi connectivity index (χ3n) is 4.84. The van der Waals surface area contributed by atoms with Gasteiger partial charge in [-0.2, -0.15) is 0 Å². The quantitative estimate of drug-likeness (QED) is 0.346. The second-order valence-corrected chi connectivity index (χ2v) is 7.08. The molecule has 0 atom stereocenters. The Morgan fingerprint density at radius 1 is 1.22 bits per heavy atom. The Kier molecular flexibility index (Phi) is 10.1. The fourth-order valence-electron chi connectivity index (χ4n) is 2.84. The van der Waals surface area contributed by atoms with Gasteiger partial charge in [-0.05, 0) is 38.5 Å². The first-order chi connectivity index (χ1) is 13.2. The predicted molar refractivity (Wildman–Crippen MR) is 107 cm³/mol. The van der Waals surface area contributed by atoms with E-state index in [4.69, 9.17) is 9.47 Å². The molecule has 27 heavy (non-hydrogen) atoms. The van der Waals surface area contributed by atoms with Gasteiger partial charge in [0, 0.05) is 46.6 Å². The molecule has 1 aromatic rings. The highest BCUT2D eigenvalue weighted by molar-refractivity contribution is 5.79. The summed E-state index contributed by atoms with van der Waals surface area (Å²) in [6, 6.07) is 0. The zero-order chi connectivity index (χ0) is 19.3. The first-order valence-electron chi connectivity index (χ1n) is 10.2. The maximum atomic E-state index is 5.82. The van der Waals surface area contributed by atoms with Gasteiger partial charge in [-0.1, -0.05) is 13.3 Å². The summed E-state index contributed by atoms with van der Waals surface area (Å²) in [4.78, 5) is 4.65. The van der Waals surface area contributed by atoms with Crippen molar-refractivity contribution < 1.29 is 9.47 Å². The van der Waals surface area contributed by atoms with Crippen molar-refractivity contribution in [3.63, 3.8) is 0 Å². The number of unbranched alkanes of at least 4 members (excludes halogenated alkanes) is 1. The fourth-order valence-corrected chi connectivity index (χ4v) is 2.84. The highest BCUT2D eigenvalue weighted by atomic mass is 16.5. The van der Waals surface area contributed by atoms with Crippen LogP contribution in [0.3, 0.4) is 0 Å². The summed E-state index contributed by atoms with van der Waals surface area (Å²) in [5.74, 6) is 3.25. The molecular formula is C19H36N6O2. The maximum absolute atomic E-state index is 5.82. The Morgan fingerprint density at radius 3 is 2.63 bits per heavy atom. The third-order valence-corrected chi connectivity index (χ3v) is 4.84. The van der Waals surface area contributed by atoms with Crippen LogP contribution in [0.1, 0.15) is 50.7 Å². The van der Waals surface area contributed by atoms with Gasteiger partial charge >= 0.3 is 0 Å². The van der Waals surface area contributed by atoms with Crippen molar-refractivity contribution in [2.75, 3.05) is 39.5 Å². The molecule has 0 saturated carbocycles. The van der Waals surface area contributed by atoms with E-state index in [0.29, 0.717) is 12.5 Å². The molecule has 0 aromatic carbocycles. The van der Waals surface area contributed by atoms with Gasteiger partial charge in [-0.3, -0.25) is 0 Å². The number of ether oxygens (including phenoxy) is 2. The molecule has 1 fully saturated rings. The van der Waals surface area contributed by atoms with E-state index in [1.807, 2.05) is 18.5 Å². The molecule has 1 saturated heterocycles. The smallest absolute Gasteiger partial charge is 0.191 e. The van der Waals surface area contributed by atoms with Crippen molar-refractivity contribution in [1.82, 2.24) is 25.4 Å². The summed E-state index contributed by atoms with van der Waals surface area (Å²) in [7, 11) is 1.97. The zero-order valence-electron chi connectivity index (χ0n) is 17.2. The van der Waals surface area contributed by atoms with Crippen LogP contribution in [0, 0.1) is 12.8 Å². The molecule has 0 radical (unpaired) electrons. The van der Waals surface area contributed by atoms with Gasteiger partial charge in [-0.25, -0.2) is 4.99 Å². The molecule has 8 nitrogen and oxygen atoms in total. The molecule has 2 N–H and O–H groups in total. The number of hydrogen-bond donors (Lipinski definition) is 2. The second-order valence-electron chi connectivity index (χ2n) is 7.08. The summed E-state index contributed by atoms with van der Waals surface area (Å²) < 4.78 is 13.2. The highest BCUT2D eigenvalue weighted by Gasteiger charge is 2.13. The van der Waals surface area contributed by atoms with Crippen molar-refractivity contribution >= 4 is 5.96 Å². The molecule has 0 bridgehead atoms. The van der Waals surface area contributed by atoms with Crippen LogP contribution in [0.4, 0.5) is 0 Å². The largest absolute Gasteiger partial charge is 0.381 e. The number of nitrogens with zero attached hydrogens (tertiary/aromatic N) is 4. The fraction of sp³-hybridized carbons (Fsp3) is 0.842. The van der Waals surface area contributed by atoms with Gasteiger partial charge in [0.25, 0.3) is 0 Å². The Hall–Kier alpha value is -1.67. The number of aromatic nitrogens is 3. The average Bonchev–Trinajstić information content (AvgIpc) is 3.01. The average molecular weight is 381 g/mol. The van der Waals surface area contributed by atoms with E-state index in [9.17, 15) is 0 Å². The molecule has 2 rings (SSSR count). The monoisotopic (exact) mass is 380 g/mol. The summed E-state index contributed by atoms with van der Waals surface area (Å²) in [5.41, 5.74) is 0. The third kappa shape index (κ3) is 8.26. The van der Waals surface area contributed by atoms with Crippen LogP contribution >= 0.6 is 0 Å². The minimum atomic E-state index is 0.513. The van der Waals surface area contributed by atoms with E-state index in [1.165, 1.54) is 0 Å². The Labute approximate surface area is 163 Å². The lowest BCUT2D eigenvalue weighted by Gasteiger charge is -2.21. The van der Waals surface area contributed by atoms with E-state index < -0.39 is 0 Å². The molecule has 0 aliphatic carbocycles. The predicted octanol–water partition coefficient (Wildman–Crippen LogP) is 1.79. The Balaban J connectivity index is 1.67. The molecule has 1 aliphatic heterocycles. The number of hydrogen-bond acceptors (Lipinski definition) is 5. The summed E-state index contributed by atoms with van der Waals surface area (Å²) in [6.07, 6.45) is 5.48. The van der Waals surface area contributed by atoms with Crippen molar-refractivity contribution in [3.8, 4) is 0 Å². The maximum Gasteiger partial charge on any atom is 0.191 e. The van der Waals surface area contributed by atoms with Crippen molar-refractivity contribution in [1.29, 1.82) is 0 Å². The first kappa shape index (κ1) is 21.6. The zero-order valence-corrected chi connectivity index (χ0v) is 17.2. The van der Waals surface area contributed by atoms with Gasteiger partial charge in [0.2, 0.25) is 0 Å². The molecule has 154 valence electrons. The van der Waals surface area contributed by atoms with Gasteiger partial charge in [0.05, 0.1) is 0 Å². The SMILES string of the molecule is CCCCNC(=NCc1nnc(C)n1C)NCCCOCC1CCOCC1. The van der Waals surface area contributed by atoms with Gasteiger partial charge in [-0.15, -0.1) is 10.2 Å². The van der Waals surface area contributed by atoms with E-state index in [1.54, 1.807) is 0 Å². The minimum Gasteiger partial charge on any atom is -0.381 e. The number of rotatable bonds is 11. The van der Waals surface area contributed by atoms with Crippen LogP contribution in [-0.4, -0.2) is 60.2 Å². The molecule has 0 spiro atoms. The molecule has 8 heteroatoms. The van der Waals surface area contributed by atoms with Gasteiger partial charge in [0.1, 0.15) is 12.4 Å². The molecule has 0 amide bonds. The van der Waals surface area contributed by atoms with Crippen LogP contribution in [0.2, 0.25) is 0 Å². The molecule has 0 unspecified atom stereocenters. The number of guanidine groups is 1. The lowest BCUT2D eigenvalue weighted by Crippen LogP contribution is -2.38. The van der Waals surface area contributed by atoms with Crippen LogP contribution < -0.4 is 10.6 Å². The van der Waals surface area contributed by atoms with Crippen LogP contribution in [-0.2, 0) is 23.1 Å². The summed E-state index contributed by atoms with van der Waals surface area (Å²) in [6.45, 7) is 9.78. The van der Waals surface area contributed by atoms with Crippen molar-refractivity contribution in [2.45, 2.75) is 52.5 Å². The number of aliphatic imine (C=N–C) groups is 1. The standard InChI is InChI=1S/C19H36N6O2/c1-4-5-9-20-19(22-14-18-24-23-16(2)25(18)3)21-10-6-11-27-15-17-7-12-26-13-8-17/h17H,4-15H2,1-3H3,(H2,20,21,22). The molecule has 1 aliphatic rings. The highest BCUT2D eigenvalue weighted by Crippen LogP contribution is 2.14. The van der Waals surface area contributed by atoms with Crippen molar-refractivity contribution in [2.24, 2.45) is 18.0 Å². The van der Waals surface area contributed by atoms with E-state index in [0.717, 1.165) is 89.2 Å². The number of aryl methyl sites for hydroxylation is 1. The summed E-state index contributed by atoms with van der Waals surface area (Å²) >= 11 is 0. The van der Waals surface area contributed by atoms with Crippen LogP contribution in [0.25, 0.3) is 0 Å². The van der Waals surface area contributed by atoms with Gasteiger partial charge < -0.3 is 24.7 Å². The normalized spacial score (nSPS) is 15.9. The molecular weight excluding hydrogens is 344 g/mol. The van der Waals surface area contributed by atoms with E-state index in [-0.39, 0.29) is 0 Å². The molecule has 2 heterocycles. The lowest BCUT2D eigenvalue weighted by atomic mass is 10.0. The first-order valence-corrected chi connectivity index (χ1v) is 10.2. The van der Waals surface area contributed by atoms with E-state index in [2.05, 4.69) is 32.7 Å². The van der Waals surface area contributed by atoms with E-state index >= 15 is 0 Å². The lowest BCUT2D eigenvalue weighted by molar-refractivity contribution is 0.0203. The van der Waals surface area contributed by atoms with Crippen LogP contribution in [0.15, 0.2) is 4.99 Å². The Morgan fingerprint density at radius 2 is 1.96 bits per heavy atom. The van der Waals surface area contributed by atoms with Gasteiger partial charge in [0.15, 0.2) is 11.8 Å². The van der Waals surface area contributed by atoms with Crippen molar-refractivity contribution in [3.05, 3.63) is 11.6 Å². The summed E-state index contributed by atoms with van der Waals surface area (Å²) in [5, 5.41) is 15.0. The van der Waals surface area contributed by atoms with Crippen LogP contribution in [0.5, 0.6) is 0 Å². The minimum absolute atomic E-state index is 0.513. The Bertz CT molecular complexity index is 554.